The Labute approximate surface area is 154 Å². The molecule has 4 heteroatoms. The van der Waals surface area contributed by atoms with Crippen LogP contribution in [0, 0.1) is 27.7 Å². The molecule has 0 aliphatic heterocycles. The van der Waals surface area contributed by atoms with Crippen LogP contribution in [0.25, 0.3) is 0 Å². The second kappa shape index (κ2) is 7.00. The van der Waals surface area contributed by atoms with Crippen molar-refractivity contribution in [1.29, 1.82) is 0 Å². The van der Waals surface area contributed by atoms with E-state index in [2.05, 4.69) is 0 Å². The summed E-state index contributed by atoms with van der Waals surface area (Å²) >= 11 is 0. The number of rotatable bonds is 2. The molecule has 0 bridgehead atoms. The van der Waals surface area contributed by atoms with Crippen LogP contribution in [0.3, 0.4) is 0 Å². The Morgan fingerprint density at radius 2 is 0.808 bits per heavy atom. The zero-order chi connectivity index (χ0) is 18.8. The van der Waals surface area contributed by atoms with E-state index in [0.29, 0.717) is 0 Å². The van der Waals surface area contributed by atoms with E-state index in [1.54, 1.807) is 0 Å². The zero-order valence-electron chi connectivity index (χ0n) is 15.7. The van der Waals surface area contributed by atoms with Gasteiger partial charge in [-0.1, -0.05) is 0 Å². The first-order valence-electron chi connectivity index (χ1n) is 8.60. The molecular formula is C22H24N4. The summed E-state index contributed by atoms with van der Waals surface area (Å²) in [5.41, 5.74) is 21.3. The summed E-state index contributed by atoms with van der Waals surface area (Å²) in [5, 5.41) is 0. The normalized spacial score (nSPS) is 13.2. The van der Waals surface area contributed by atoms with Gasteiger partial charge in [0.05, 0.1) is 22.8 Å². The molecule has 1 aliphatic carbocycles. The minimum absolute atomic E-state index is 0.766. The number of aryl methyl sites for hydroxylation is 4. The number of anilines is 2. The Morgan fingerprint density at radius 1 is 0.538 bits per heavy atom. The van der Waals surface area contributed by atoms with Gasteiger partial charge in [-0.2, -0.15) is 0 Å². The number of hydrogen-bond donors (Lipinski definition) is 2. The lowest BCUT2D eigenvalue weighted by Crippen LogP contribution is -2.01. The average Bonchev–Trinajstić information content (AvgIpc) is 2.55. The SMILES string of the molecule is Cc1cc(N)cc(C)c1N=C1C=CC(=Nc2c(C)cc(N)cc2C)C=C1. The topological polar surface area (TPSA) is 76.8 Å². The van der Waals surface area contributed by atoms with Crippen LogP contribution < -0.4 is 11.5 Å². The quantitative estimate of drug-likeness (QED) is 0.590. The van der Waals surface area contributed by atoms with Crippen molar-refractivity contribution in [2.24, 2.45) is 9.98 Å². The lowest BCUT2D eigenvalue weighted by atomic mass is 10.1. The molecule has 132 valence electrons. The highest BCUT2D eigenvalue weighted by Gasteiger charge is 2.07. The van der Waals surface area contributed by atoms with Crippen LogP contribution in [0.1, 0.15) is 22.3 Å². The summed E-state index contributed by atoms with van der Waals surface area (Å²) in [6.07, 6.45) is 7.93. The highest BCUT2D eigenvalue weighted by molar-refractivity contribution is 6.19. The summed E-state index contributed by atoms with van der Waals surface area (Å²) in [7, 11) is 0. The average molecular weight is 344 g/mol. The van der Waals surface area contributed by atoms with Crippen LogP contribution in [0.2, 0.25) is 0 Å². The monoisotopic (exact) mass is 344 g/mol. The smallest absolute Gasteiger partial charge is 0.0696 e. The molecule has 0 unspecified atom stereocenters. The largest absolute Gasteiger partial charge is 0.399 e. The van der Waals surface area contributed by atoms with E-state index in [0.717, 1.165) is 56.4 Å². The van der Waals surface area contributed by atoms with Crippen molar-refractivity contribution in [3.63, 3.8) is 0 Å². The molecule has 2 aromatic carbocycles. The van der Waals surface area contributed by atoms with Gasteiger partial charge in [0.15, 0.2) is 0 Å². The molecule has 0 aromatic heterocycles. The summed E-state index contributed by atoms with van der Waals surface area (Å²) in [6.45, 7) is 8.11. The second-order valence-electron chi connectivity index (χ2n) is 6.75. The molecule has 0 spiro atoms. The lowest BCUT2D eigenvalue weighted by Gasteiger charge is -2.10. The maximum Gasteiger partial charge on any atom is 0.0696 e. The second-order valence-corrected chi connectivity index (χ2v) is 6.75. The number of nitrogens with two attached hydrogens (primary N) is 2. The standard InChI is InChI=1S/C22H24N4/c1-13-9-17(23)10-14(2)21(13)25-19-5-7-20(8-6-19)26-22-15(3)11-18(24)12-16(22)4/h5-12H,23-24H2,1-4H3. The molecule has 3 rings (SSSR count). The van der Waals surface area contributed by atoms with Gasteiger partial charge in [-0.3, -0.25) is 0 Å². The highest BCUT2D eigenvalue weighted by atomic mass is 14.8. The maximum atomic E-state index is 5.89. The summed E-state index contributed by atoms with van der Waals surface area (Å²) in [5.74, 6) is 0. The molecule has 0 radical (unpaired) electrons. The summed E-state index contributed by atoms with van der Waals surface area (Å²) in [4.78, 5) is 9.52. The Balaban J connectivity index is 1.89. The Morgan fingerprint density at radius 3 is 1.08 bits per heavy atom. The molecular weight excluding hydrogens is 320 g/mol. The van der Waals surface area contributed by atoms with Crippen LogP contribution in [-0.4, -0.2) is 11.4 Å². The number of benzene rings is 2. The molecule has 0 saturated carbocycles. The van der Waals surface area contributed by atoms with Gasteiger partial charge in [-0.25, -0.2) is 9.98 Å². The van der Waals surface area contributed by atoms with Gasteiger partial charge in [0.25, 0.3) is 0 Å². The van der Waals surface area contributed by atoms with Crippen molar-refractivity contribution in [2.45, 2.75) is 27.7 Å². The lowest BCUT2D eigenvalue weighted by molar-refractivity contribution is 1.33. The zero-order valence-corrected chi connectivity index (χ0v) is 15.7. The van der Waals surface area contributed by atoms with Crippen LogP contribution in [-0.2, 0) is 0 Å². The van der Waals surface area contributed by atoms with Gasteiger partial charge in [0.2, 0.25) is 0 Å². The number of nitrogen functional groups attached to an aromatic ring is 2. The molecule has 4 N–H and O–H groups in total. The van der Waals surface area contributed by atoms with Gasteiger partial charge in [0, 0.05) is 11.4 Å². The van der Waals surface area contributed by atoms with E-state index >= 15 is 0 Å². The molecule has 0 fully saturated rings. The minimum Gasteiger partial charge on any atom is -0.399 e. The molecule has 1 aliphatic rings. The van der Waals surface area contributed by atoms with Crippen molar-refractivity contribution < 1.29 is 0 Å². The molecule has 2 aromatic rings. The third-order valence-corrected chi connectivity index (χ3v) is 4.36. The van der Waals surface area contributed by atoms with E-state index in [9.17, 15) is 0 Å². The summed E-state index contributed by atoms with van der Waals surface area (Å²) in [6, 6.07) is 7.79. The number of nitrogens with zero attached hydrogens (tertiary/aromatic N) is 2. The van der Waals surface area contributed by atoms with Crippen LogP contribution in [0.4, 0.5) is 22.7 Å². The Hall–Kier alpha value is -3.14. The van der Waals surface area contributed by atoms with E-state index < -0.39 is 0 Å². The molecule has 0 saturated heterocycles. The van der Waals surface area contributed by atoms with Crippen molar-refractivity contribution in [1.82, 2.24) is 0 Å². The third kappa shape index (κ3) is 3.75. The van der Waals surface area contributed by atoms with E-state index in [4.69, 9.17) is 21.5 Å². The summed E-state index contributed by atoms with van der Waals surface area (Å²) < 4.78 is 0. The minimum atomic E-state index is 0.766. The highest BCUT2D eigenvalue weighted by Crippen LogP contribution is 2.28. The van der Waals surface area contributed by atoms with Crippen LogP contribution >= 0.6 is 0 Å². The molecule has 0 heterocycles. The van der Waals surface area contributed by atoms with Gasteiger partial charge in [-0.05, 0) is 98.5 Å². The van der Waals surface area contributed by atoms with E-state index in [1.807, 2.05) is 76.3 Å². The van der Waals surface area contributed by atoms with E-state index in [-0.39, 0.29) is 0 Å². The fourth-order valence-electron chi connectivity index (χ4n) is 3.19. The molecule has 4 nitrogen and oxygen atoms in total. The van der Waals surface area contributed by atoms with Gasteiger partial charge < -0.3 is 11.5 Å². The van der Waals surface area contributed by atoms with Gasteiger partial charge in [-0.15, -0.1) is 0 Å². The number of hydrogen-bond acceptors (Lipinski definition) is 4. The van der Waals surface area contributed by atoms with Crippen molar-refractivity contribution >= 4 is 34.2 Å². The number of aliphatic imine (C=N–C) groups is 2. The third-order valence-electron chi connectivity index (χ3n) is 4.36. The van der Waals surface area contributed by atoms with E-state index in [1.165, 1.54) is 0 Å². The molecule has 0 atom stereocenters. The Kier molecular flexibility index (Phi) is 4.76. The van der Waals surface area contributed by atoms with Crippen LogP contribution in [0.15, 0.2) is 58.6 Å². The predicted octanol–water partition coefficient (Wildman–Crippen LogP) is 5.06. The maximum absolute atomic E-state index is 5.89. The van der Waals surface area contributed by atoms with Gasteiger partial charge >= 0.3 is 0 Å². The van der Waals surface area contributed by atoms with Crippen molar-refractivity contribution in [2.75, 3.05) is 11.5 Å². The predicted molar refractivity (Wildman–Crippen MR) is 113 cm³/mol. The van der Waals surface area contributed by atoms with Crippen molar-refractivity contribution in [3.8, 4) is 0 Å². The fraction of sp³-hybridized carbons (Fsp3) is 0.182. The first kappa shape index (κ1) is 17.7. The van der Waals surface area contributed by atoms with Gasteiger partial charge in [0.1, 0.15) is 0 Å². The first-order chi connectivity index (χ1) is 12.3. The Bertz CT molecular complexity index is 848. The fourth-order valence-corrected chi connectivity index (χ4v) is 3.19. The van der Waals surface area contributed by atoms with Crippen molar-refractivity contribution in [3.05, 3.63) is 70.8 Å². The molecule has 26 heavy (non-hydrogen) atoms. The molecule has 0 amide bonds. The van der Waals surface area contributed by atoms with Crippen LogP contribution in [0.5, 0.6) is 0 Å². The first-order valence-corrected chi connectivity index (χ1v) is 8.60. The number of allylic oxidation sites excluding steroid dienone is 4.